The number of methoxy groups -OCH3 is 2. The maximum atomic E-state index is 6.47. The maximum absolute atomic E-state index is 6.47. The van der Waals surface area contributed by atoms with Crippen molar-refractivity contribution in [3.8, 4) is 0 Å². The molecule has 8 heteroatoms. The van der Waals surface area contributed by atoms with E-state index in [1.54, 1.807) is 5.30 Å². The summed E-state index contributed by atoms with van der Waals surface area (Å²) in [5.41, 5.74) is 3.40. The monoisotopic (exact) mass is 1230 g/mol. The number of benzene rings is 7. The third-order valence-electron chi connectivity index (χ3n) is 16.1. The summed E-state index contributed by atoms with van der Waals surface area (Å²) in [7, 11) is 1.18. The molecule has 0 aliphatic heterocycles. The van der Waals surface area contributed by atoms with Gasteiger partial charge in [-0.15, -0.1) is 0 Å². The predicted octanol–water partition coefficient (Wildman–Crippen LogP) is 17.1. The standard InChI is InChI=1S/C33H37OP2.C25H26BrOP.2C5H10.CH4.2Fe/c1-34-33(30-23-15-25-32(30)36(2,3)28-20-11-6-12-21-28)29-22-13-14-24-31(29)35(26-16-7-4-8-17-26)27-18-9-5-10-19-27;1-27-25(21-16-10-17-23(21)26)22-15-8-9-18-24(22)28(19-11-4-2-5-12-19)20-13-6-3-7-14-20;2*1-2-4-5-3-1;;;/h4-14,16-22,24,30,32-33H,15,23,25H2,1-3H3;2-9,11-15,18,21,23,25H,10,16-17H2,1H3;2*1-5H2;1H4;;/q+1;;;;;;/t30?,32?,33-;21?,23?,25-;;;;;/m01...../s1. The number of hydrogen-bond acceptors (Lipinski definition) is 2. The van der Waals surface area contributed by atoms with E-state index < -0.39 is 23.1 Å². The fourth-order valence-electron chi connectivity index (χ4n) is 12.3. The van der Waals surface area contributed by atoms with E-state index in [0.717, 1.165) is 0 Å². The van der Waals surface area contributed by atoms with Crippen LogP contribution in [0.3, 0.4) is 0 Å². The number of rotatable bonds is 14. The van der Waals surface area contributed by atoms with E-state index in [4.69, 9.17) is 9.47 Å². The first-order valence-electron chi connectivity index (χ1n) is 28.0. The summed E-state index contributed by atoms with van der Waals surface area (Å²) in [6.45, 7) is 5.09. The Balaban J connectivity index is 0.000000236. The minimum absolute atomic E-state index is 0. The zero-order valence-electron chi connectivity index (χ0n) is 45.6. The molecule has 0 heterocycles. The van der Waals surface area contributed by atoms with Crippen LogP contribution < -0.4 is 37.1 Å². The molecule has 4 fully saturated rings. The maximum Gasteiger partial charge on any atom is 0.0936 e. The molecule has 2 nitrogen and oxygen atoms in total. The van der Waals surface area contributed by atoms with Gasteiger partial charge in [-0.1, -0.05) is 282 Å². The predicted molar refractivity (Wildman–Crippen MR) is 339 cm³/mol. The van der Waals surface area contributed by atoms with Gasteiger partial charge in [0.05, 0.1) is 36.5 Å². The molecule has 6 atom stereocenters. The van der Waals surface area contributed by atoms with Crippen molar-refractivity contribution in [2.45, 2.75) is 133 Å². The smallest absolute Gasteiger partial charge is 0.0936 e. The Morgan fingerprint density at radius 1 is 0.390 bits per heavy atom. The van der Waals surface area contributed by atoms with Gasteiger partial charge in [0.1, 0.15) is 0 Å². The van der Waals surface area contributed by atoms with Gasteiger partial charge < -0.3 is 9.47 Å². The zero-order valence-corrected chi connectivity index (χ0v) is 52.1. The first kappa shape index (κ1) is 65.1. The molecule has 0 radical (unpaired) electrons. The van der Waals surface area contributed by atoms with Crippen molar-refractivity contribution in [3.05, 3.63) is 211 Å². The molecule has 4 aliphatic carbocycles. The molecule has 0 amide bonds. The summed E-state index contributed by atoms with van der Waals surface area (Å²) in [5.74, 6) is 1.05. The molecule has 4 aliphatic rings. The normalized spacial score (nSPS) is 19.4. The van der Waals surface area contributed by atoms with Crippen LogP contribution in [-0.2, 0) is 43.6 Å². The first-order chi connectivity index (χ1) is 36.4. The van der Waals surface area contributed by atoms with Crippen LogP contribution in [0.5, 0.6) is 0 Å². The fraction of sp³-hybridized carbons (Fsp3) is 0.391. The molecular formula is C69H87BrFe2O2P3+. The number of ether oxygens (including phenoxy) is 2. The van der Waals surface area contributed by atoms with Crippen LogP contribution in [0.1, 0.15) is 133 Å². The molecule has 0 spiro atoms. The second kappa shape index (κ2) is 34.5. The minimum Gasteiger partial charge on any atom is -0.376 e. The van der Waals surface area contributed by atoms with Gasteiger partial charge in [-0.05, 0) is 103 Å². The van der Waals surface area contributed by atoms with Gasteiger partial charge in [0, 0.05) is 72.3 Å². The van der Waals surface area contributed by atoms with Gasteiger partial charge >= 0.3 is 0 Å². The summed E-state index contributed by atoms with van der Waals surface area (Å²) in [4.78, 5) is 0.533. The van der Waals surface area contributed by atoms with Crippen LogP contribution >= 0.6 is 39.0 Å². The molecule has 0 N–H and O–H groups in total. The molecule has 7 aromatic rings. The van der Waals surface area contributed by atoms with Crippen molar-refractivity contribution in [1.82, 2.24) is 0 Å². The first-order valence-corrected chi connectivity index (χ1v) is 34.3. The van der Waals surface area contributed by atoms with Crippen molar-refractivity contribution >= 4 is 76.2 Å². The van der Waals surface area contributed by atoms with E-state index in [0.29, 0.717) is 22.3 Å². The number of hydrogen-bond donors (Lipinski definition) is 0. The Morgan fingerprint density at radius 2 is 0.688 bits per heavy atom. The van der Waals surface area contributed by atoms with Gasteiger partial charge in [0.15, 0.2) is 0 Å². The Kier molecular flexibility index (Phi) is 29.2. The summed E-state index contributed by atoms with van der Waals surface area (Å²) in [6, 6.07) is 73.2. The van der Waals surface area contributed by atoms with Gasteiger partial charge in [-0.25, -0.2) is 0 Å². The van der Waals surface area contributed by atoms with Gasteiger partial charge in [-0.3, -0.25) is 0 Å². The minimum atomic E-state index is -1.32. The zero-order chi connectivity index (χ0) is 51.4. The van der Waals surface area contributed by atoms with E-state index in [2.05, 4.69) is 229 Å². The third-order valence-corrected chi connectivity index (χ3v) is 26.2. The quantitative estimate of drug-likeness (QED) is 0.0614. The molecular weight excluding hydrogens is 1150 g/mol. The molecule has 0 bridgehead atoms. The van der Waals surface area contributed by atoms with Crippen LogP contribution in [0.2, 0.25) is 0 Å². The molecule has 4 saturated carbocycles. The molecule has 11 rings (SSSR count). The van der Waals surface area contributed by atoms with Crippen molar-refractivity contribution in [2.24, 2.45) is 11.8 Å². The van der Waals surface area contributed by atoms with Gasteiger partial charge in [0.25, 0.3) is 0 Å². The van der Waals surface area contributed by atoms with Crippen molar-refractivity contribution < 1.29 is 43.6 Å². The summed E-state index contributed by atoms with van der Waals surface area (Å²) in [5, 5.41) is 9.93. The van der Waals surface area contributed by atoms with Crippen LogP contribution in [0.15, 0.2) is 200 Å². The number of halogens is 1. The van der Waals surface area contributed by atoms with Crippen LogP contribution in [-0.4, -0.2) is 38.0 Å². The average molecular weight is 1230 g/mol. The fourth-order valence-corrected chi connectivity index (χ4v) is 21.5. The molecule has 77 heavy (non-hydrogen) atoms. The summed E-state index contributed by atoms with van der Waals surface area (Å²) >= 11 is 3.92. The van der Waals surface area contributed by atoms with E-state index >= 15 is 0 Å². The second-order valence-corrected chi connectivity index (χ2v) is 30.9. The van der Waals surface area contributed by atoms with Gasteiger partial charge in [-0.2, -0.15) is 0 Å². The summed E-state index contributed by atoms with van der Waals surface area (Å²) < 4.78 is 12.6. The van der Waals surface area contributed by atoms with E-state index in [-0.39, 0.29) is 53.8 Å². The Bertz CT molecular complexity index is 2550. The molecule has 412 valence electrons. The largest absolute Gasteiger partial charge is 0.376 e. The Hall–Kier alpha value is -2.73. The van der Waals surface area contributed by atoms with E-state index in [9.17, 15) is 0 Å². The van der Waals surface area contributed by atoms with Crippen molar-refractivity contribution in [1.29, 1.82) is 0 Å². The third kappa shape index (κ3) is 17.6. The Labute approximate surface area is 499 Å². The molecule has 7 aromatic carbocycles. The van der Waals surface area contributed by atoms with E-state index in [1.807, 2.05) is 14.2 Å². The SMILES string of the molecule is C.C1CCCC1.C1CCCC1.CO[C@@H](c1ccccc1P(c1ccccc1)c1ccccc1)C1CCCC1Br.CO[C@@H](c1ccccc1P(c1ccccc1)c1ccccc1)C1CCCC1[P+](C)(C)c1ccccc1.[Fe].[Fe]. The van der Waals surface area contributed by atoms with Gasteiger partial charge in [0.2, 0.25) is 0 Å². The average Bonchev–Trinajstić information content (AvgIpc) is 4.35. The van der Waals surface area contributed by atoms with Crippen molar-refractivity contribution in [3.63, 3.8) is 0 Å². The van der Waals surface area contributed by atoms with Crippen LogP contribution in [0.25, 0.3) is 0 Å². The molecule has 0 aromatic heterocycles. The van der Waals surface area contributed by atoms with Crippen LogP contribution in [0, 0.1) is 11.8 Å². The number of alkyl halides is 1. The molecule has 0 saturated heterocycles. The van der Waals surface area contributed by atoms with Crippen LogP contribution in [0.4, 0.5) is 0 Å². The van der Waals surface area contributed by atoms with E-state index in [1.165, 1.54) is 146 Å². The summed E-state index contributed by atoms with van der Waals surface area (Å²) in [6.07, 6.45) is 22.8. The van der Waals surface area contributed by atoms with Crippen molar-refractivity contribution in [2.75, 3.05) is 27.5 Å². The Morgan fingerprint density at radius 3 is 1.03 bits per heavy atom. The second-order valence-electron chi connectivity index (χ2n) is 21.1. The molecule has 4 unspecified atom stereocenters. The topological polar surface area (TPSA) is 18.5 Å².